The molecule has 0 bridgehead atoms. The molecule has 0 atom stereocenters. The van der Waals surface area contributed by atoms with Gasteiger partial charge in [0.15, 0.2) is 0 Å². The van der Waals surface area contributed by atoms with E-state index in [1.54, 1.807) is 6.07 Å². The van der Waals surface area contributed by atoms with E-state index in [2.05, 4.69) is 43.3 Å². The van der Waals surface area contributed by atoms with Crippen molar-refractivity contribution in [3.63, 3.8) is 0 Å². The van der Waals surface area contributed by atoms with Crippen molar-refractivity contribution in [2.24, 2.45) is 0 Å². The summed E-state index contributed by atoms with van der Waals surface area (Å²) in [6, 6.07) is 5.93. The fourth-order valence-electron chi connectivity index (χ4n) is 2.87. The molecule has 3 nitrogen and oxygen atoms in total. The molecule has 1 aliphatic carbocycles. The molecule has 0 radical (unpaired) electrons. The Morgan fingerprint density at radius 1 is 1.38 bits per heavy atom. The van der Waals surface area contributed by atoms with Gasteiger partial charge in [0.05, 0.1) is 22.8 Å². The van der Waals surface area contributed by atoms with E-state index in [9.17, 15) is 4.39 Å². The van der Waals surface area contributed by atoms with Crippen LogP contribution < -0.4 is 5.32 Å². The zero-order chi connectivity index (χ0) is 14.8. The van der Waals surface area contributed by atoms with Crippen LogP contribution in [0.2, 0.25) is 0 Å². The van der Waals surface area contributed by atoms with E-state index >= 15 is 0 Å². The molecule has 1 aromatic heterocycles. The summed E-state index contributed by atoms with van der Waals surface area (Å²) in [7, 11) is 0. The van der Waals surface area contributed by atoms with Crippen molar-refractivity contribution in [3.8, 4) is 0 Å². The van der Waals surface area contributed by atoms with Crippen molar-refractivity contribution in [2.75, 3.05) is 5.32 Å². The van der Waals surface area contributed by atoms with Crippen molar-refractivity contribution in [2.45, 2.75) is 45.2 Å². The summed E-state index contributed by atoms with van der Waals surface area (Å²) in [5.74, 6) is -0.233. The molecule has 1 aromatic carbocycles. The van der Waals surface area contributed by atoms with Crippen molar-refractivity contribution in [3.05, 3.63) is 45.9 Å². The number of hydrogen-bond acceptors (Lipinski definition) is 2. The topological polar surface area (TPSA) is 29.9 Å². The molecule has 21 heavy (non-hydrogen) atoms. The van der Waals surface area contributed by atoms with Crippen LogP contribution in [0.5, 0.6) is 0 Å². The Balaban J connectivity index is 1.66. The molecule has 0 aliphatic heterocycles. The molecule has 3 rings (SSSR count). The molecule has 0 saturated heterocycles. The van der Waals surface area contributed by atoms with E-state index in [1.165, 1.54) is 31.7 Å². The molecule has 1 heterocycles. The molecule has 0 unspecified atom stereocenters. The lowest BCUT2D eigenvalue weighted by atomic mass is 10.2. The SMILES string of the molecule is Cc1cc(F)c(Br)cc1NCc1ccn(C2CCCC2)n1. The van der Waals surface area contributed by atoms with Gasteiger partial charge >= 0.3 is 0 Å². The number of hydrogen-bond donors (Lipinski definition) is 1. The van der Waals surface area contributed by atoms with Crippen LogP contribution in [0, 0.1) is 12.7 Å². The Bertz CT molecular complexity index is 632. The summed E-state index contributed by atoms with van der Waals surface area (Å²) in [4.78, 5) is 0. The summed E-state index contributed by atoms with van der Waals surface area (Å²) >= 11 is 3.22. The first-order chi connectivity index (χ1) is 10.1. The number of anilines is 1. The summed E-state index contributed by atoms with van der Waals surface area (Å²) in [6.07, 6.45) is 7.15. The van der Waals surface area contributed by atoms with E-state index < -0.39 is 0 Å². The second-order valence-corrected chi connectivity index (χ2v) is 6.51. The van der Waals surface area contributed by atoms with Crippen LogP contribution in [-0.4, -0.2) is 9.78 Å². The quantitative estimate of drug-likeness (QED) is 0.855. The first-order valence-electron chi connectivity index (χ1n) is 7.37. The van der Waals surface area contributed by atoms with Crippen LogP contribution in [0.3, 0.4) is 0 Å². The highest BCUT2D eigenvalue weighted by molar-refractivity contribution is 9.10. The molecule has 0 spiro atoms. The van der Waals surface area contributed by atoms with Gasteiger partial charge in [0.2, 0.25) is 0 Å². The van der Waals surface area contributed by atoms with Crippen LogP contribution >= 0.6 is 15.9 Å². The third-order valence-electron chi connectivity index (χ3n) is 4.09. The van der Waals surface area contributed by atoms with E-state index in [0.717, 1.165) is 16.9 Å². The molecule has 112 valence electrons. The molecule has 1 aliphatic rings. The highest BCUT2D eigenvalue weighted by Gasteiger charge is 2.17. The average Bonchev–Trinajstić information content (AvgIpc) is 3.11. The lowest BCUT2D eigenvalue weighted by Crippen LogP contribution is -2.07. The maximum atomic E-state index is 13.4. The standard InChI is InChI=1S/C16H19BrFN3/c1-11-8-15(18)14(17)9-16(11)19-10-12-6-7-21(20-12)13-4-2-3-5-13/h6-9,13,19H,2-5,10H2,1H3. The van der Waals surface area contributed by atoms with Gasteiger partial charge in [-0.3, -0.25) is 4.68 Å². The maximum Gasteiger partial charge on any atom is 0.137 e. The van der Waals surface area contributed by atoms with Gasteiger partial charge in [-0.1, -0.05) is 12.8 Å². The minimum Gasteiger partial charge on any atom is -0.379 e. The van der Waals surface area contributed by atoms with Gasteiger partial charge in [-0.15, -0.1) is 0 Å². The fourth-order valence-corrected chi connectivity index (χ4v) is 3.21. The maximum absolute atomic E-state index is 13.4. The smallest absolute Gasteiger partial charge is 0.137 e. The summed E-state index contributed by atoms with van der Waals surface area (Å²) in [6.45, 7) is 2.55. The number of halogens is 2. The molecular formula is C16H19BrFN3. The van der Waals surface area contributed by atoms with Gasteiger partial charge in [0.1, 0.15) is 5.82 Å². The zero-order valence-electron chi connectivity index (χ0n) is 12.1. The summed E-state index contributed by atoms with van der Waals surface area (Å²) in [5, 5.41) is 7.97. The molecule has 2 aromatic rings. The first-order valence-corrected chi connectivity index (χ1v) is 8.16. The molecular weight excluding hydrogens is 333 g/mol. The first kappa shape index (κ1) is 14.6. The van der Waals surface area contributed by atoms with Crippen molar-refractivity contribution >= 4 is 21.6 Å². The summed E-state index contributed by atoms with van der Waals surface area (Å²) < 4.78 is 16.0. The molecule has 0 amide bonds. The summed E-state index contributed by atoms with van der Waals surface area (Å²) in [5.41, 5.74) is 2.84. The Kier molecular flexibility index (Phi) is 4.29. The number of nitrogens with zero attached hydrogens (tertiary/aromatic N) is 2. The number of rotatable bonds is 4. The van der Waals surface area contributed by atoms with Gasteiger partial charge < -0.3 is 5.32 Å². The molecule has 5 heteroatoms. The Morgan fingerprint density at radius 2 is 2.14 bits per heavy atom. The van der Waals surface area contributed by atoms with Gasteiger partial charge in [0, 0.05) is 11.9 Å². The van der Waals surface area contributed by atoms with Crippen molar-refractivity contribution < 1.29 is 4.39 Å². The van der Waals surface area contributed by atoms with Crippen LogP contribution in [0.15, 0.2) is 28.9 Å². The normalized spacial score (nSPS) is 15.6. The van der Waals surface area contributed by atoms with Crippen LogP contribution in [0.4, 0.5) is 10.1 Å². The monoisotopic (exact) mass is 351 g/mol. The largest absolute Gasteiger partial charge is 0.379 e. The zero-order valence-corrected chi connectivity index (χ0v) is 13.7. The van der Waals surface area contributed by atoms with Crippen molar-refractivity contribution in [1.82, 2.24) is 9.78 Å². The number of nitrogens with one attached hydrogen (secondary N) is 1. The van der Waals surface area contributed by atoms with Gasteiger partial charge in [-0.25, -0.2) is 4.39 Å². The van der Waals surface area contributed by atoms with Gasteiger partial charge in [-0.2, -0.15) is 5.10 Å². The Morgan fingerprint density at radius 3 is 2.90 bits per heavy atom. The predicted molar refractivity (Wildman–Crippen MR) is 85.9 cm³/mol. The Hall–Kier alpha value is -1.36. The van der Waals surface area contributed by atoms with E-state index in [0.29, 0.717) is 17.1 Å². The van der Waals surface area contributed by atoms with Crippen LogP contribution in [0.1, 0.15) is 43.0 Å². The van der Waals surface area contributed by atoms with Crippen LogP contribution in [0.25, 0.3) is 0 Å². The fraction of sp³-hybridized carbons (Fsp3) is 0.438. The predicted octanol–water partition coefficient (Wildman–Crippen LogP) is 4.82. The molecule has 1 saturated carbocycles. The van der Waals surface area contributed by atoms with E-state index in [4.69, 9.17) is 0 Å². The Labute approximate surface area is 132 Å². The van der Waals surface area contributed by atoms with Gasteiger partial charge in [0.25, 0.3) is 0 Å². The van der Waals surface area contributed by atoms with Crippen LogP contribution in [-0.2, 0) is 6.54 Å². The number of aryl methyl sites for hydroxylation is 1. The highest BCUT2D eigenvalue weighted by atomic mass is 79.9. The van der Waals surface area contributed by atoms with E-state index in [1.807, 2.05) is 6.92 Å². The number of benzene rings is 1. The minimum atomic E-state index is -0.233. The third-order valence-corrected chi connectivity index (χ3v) is 4.70. The lowest BCUT2D eigenvalue weighted by Gasteiger charge is -2.10. The molecule has 1 fully saturated rings. The molecule has 1 N–H and O–H groups in total. The average molecular weight is 352 g/mol. The minimum absolute atomic E-state index is 0.233. The third kappa shape index (κ3) is 3.28. The number of aromatic nitrogens is 2. The lowest BCUT2D eigenvalue weighted by molar-refractivity contribution is 0.463. The van der Waals surface area contributed by atoms with E-state index in [-0.39, 0.29) is 5.82 Å². The second-order valence-electron chi connectivity index (χ2n) is 5.66. The van der Waals surface area contributed by atoms with Crippen molar-refractivity contribution in [1.29, 1.82) is 0 Å². The second kappa shape index (κ2) is 6.18. The highest BCUT2D eigenvalue weighted by Crippen LogP contribution is 2.29. The van der Waals surface area contributed by atoms with Gasteiger partial charge in [-0.05, 0) is 59.5 Å².